The van der Waals surface area contributed by atoms with E-state index in [1.54, 1.807) is 0 Å². The van der Waals surface area contributed by atoms with Crippen molar-refractivity contribution in [2.24, 2.45) is 0 Å². The number of allylic oxidation sites excluding steroid dienone is 8. The van der Waals surface area contributed by atoms with Gasteiger partial charge in [0.25, 0.3) is 0 Å². The summed E-state index contributed by atoms with van der Waals surface area (Å²) < 4.78 is 0. The van der Waals surface area contributed by atoms with Crippen molar-refractivity contribution in [1.29, 1.82) is 0 Å². The second-order valence-electron chi connectivity index (χ2n) is 2.14. The van der Waals surface area contributed by atoms with Crippen molar-refractivity contribution in [2.45, 2.75) is 20.3 Å². The maximum absolute atomic E-state index is 2.12. The van der Waals surface area contributed by atoms with E-state index in [4.69, 9.17) is 0 Å². The Hall–Kier alpha value is -1.04. The summed E-state index contributed by atoms with van der Waals surface area (Å²) in [5.74, 6) is 0. The molecule has 0 amide bonds. The van der Waals surface area contributed by atoms with E-state index >= 15 is 0 Å². The van der Waals surface area contributed by atoms with Crippen molar-refractivity contribution >= 4 is 0 Å². The molecule has 0 N–H and O–H groups in total. The molecular formula is C11H16. The number of hydrogen-bond acceptors (Lipinski definition) is 0. The molecule has 0 bridgehead atoms. The molecule has 0 fully saturated rings. The highest BCUT2D eigenvalue weighted by atomic mass is 13.7. The van der Waals surface area contributed by atoms with Crippen LogP contribution in [0.3, 0.4) is 0 Å². The maximum Gasteiger partial charge on any atom is -0.0163 e. The molecule has 0 nitrogen and oxygen atoms in total. The molecule has 0 heterocycles. The van der Waals surface area contributed by atoms with Crippen LogP contribution in [0, 0.1) is 0 Å². The number of hydrogen-bond donors (Lipinski definition) is 0. The average Bonchev–Trinajstić information content (AvgIpc) is 2.03. The SMILES string of the molecule is C/C=C\C=C/C/C=C\C=C/C. The summed E-state index contributed by atoms with van der Waals surface area (Å²) in [5, 5.41) is 0. The molecule has 0 unspecified atom stereocenters. The van der Waals surface area contributed by atoms with Crippen LogP contribution >= 0.6 is 0 Å². The van der Waals surface area contributed by atoms with E-state index in [1.165, 1.54) is 0 Å². The fraction of sp³-hybridized carbons (Fsp3) is 0.273. The van der Waals surface area contributed by atoms with Gasteiger partial charge in [-0.2, -0.15) is 0 Å². The lowest BCUT2D eigenvalue weighted by molar-refractivity contribution is 1.39. The first-order valence-electron chi connectivity index (χ1n) is 3.97. The van der Waals surface area contributed by atoms with Crippen LogP contribution in [0.15, 0.2) is 48.6 Å². The third-order valence-corrected chi connectivity index (χ3v) is 1.15. The van der Waals surface area contributed by atoms with Gasteiger partial charge >= 0.3 is 0 Å². The topological polar surface area (TPSA) is 0 Å². The quantitative estimate of drug-likeness (QED) is 0.534. The van der Waals surface area contributed by atoms with Gasteiger partial charge in [-0.1, -0.05) is 48.6 Å². The van der Waals surface area contributed by atoms with Crippen molar-refractivity contribution < 1.29 is 0 Å². The smallest absolute Gasteiger partial charge is 0.0163 e. The molecule has 0 aromatic heterocycles. The standard InChI is InChI=1S/C11H16/c1-3-5-7-9-11-10-8-6-4-2/h3-10H,11H2,1-2H3/b5-3-,6-4-,9-7-,10-8-. The fourth-order valence-electron chi connectivity index (χ4n) is 0.615. The van der Waals surface area contributed by atoms with Crippen LogP contribution in [0.25, 0.3) is 0 Å². The Morgan fingerprint density at radius 1 is 0.727 bits per heavy atom. The van der Waals surface area contributed by atoms with Crippen LogP contribution < -0.4 is 0 Å². The zero-order valence-corrected chi connectivity index (χ0v) is 7.33. The Bertz CT molecular complexity index is 148. The van der Waals surface area contributed by atoms with Gasteiger partial charge in [-0.3, -0.25) is 0 Å². The molecule has 60 valence electrons. The monoisotopic (exact) mass is 148 g/mol. The Kier molecular flexibility index (Phi) is 8.11. The fourth-order valence-corrected chi connectivity index (χ4v) is 0.615. The van der Waals surface area contributed by atoms with Crippen LogP contribution in [-0.4, -0.2) is 0 Å². The van der Waals surface area contributed by atoms with Gasteiger partial charge < -0.3 is 0 Å². The molecule has 0 aliphatic rings. The minimum atomic E-state index is 1.01. The molecule has 0 aliphatic carbocycles. The van der Waals surface area contributed by atoms with Gasteiger partial charge in [0, 0.05) is 0 Å². The van der Waals surface area contributed by atoms with Crippen LogP contribution in [0.5, 0.6) is 0 Å². The van der Waals surface area contributed by atoms with E-state index in [-0.39, 0.29) is 0 Å². The maximum atomic E-state index is 2.12. The normalized spacial score (nSPS) is 13.3. The Balaban J connectivity index is 3.40. The molecule has 0 radical (unpaired) electrons. The summed E-state index contributed by atoms with van der Waals surface area (Å²) in [6, 6.07) is 0. The predicted octanol–water partition coefficient (Wildman–Crippen LogP) is 3.64. The van der Waals surface area contributed by atoms with Gasteiger partial charge in [-0.25, -0.2) is 0 Å². The van der Waals surface area contributed by atoms with Crippen molar-refractivity contribution in [1.82, 2.24) is 0 Å². The minimum absolute atomic E-state index is 1.01. The van der Waals surface area contributed by atoms with Crippen LogP contribution in [0.1, 0.15) is 20.3 Å². The highest BCUT2D eigenvalue weighted by Gasteiger charge is 1.66. The highest BCUT2D eigenvalue weighted by Crippen LogP contribution is 1.87. The van der Waals surface area contributed by atoms with Gasteiger partial charge in [-0.15, -0.1) is 0 Å². The highest BCUT2D eigenvalue weighted by molar-refractivity contribution is 5.07. The molecule has 0 atom stereocenters. The summed E-state index contributed by atoms with van der Waals surface area (Å²) in [4.78, 5) is 0. The Morgan fingerprint density at radius 2 is 1.18 bits per heavy atom. The summed E-state index contributed by atoms with van der Waals surface area (Å²) in [6.45, 7) is 4.03. The molecule has 0 saturated carbocycles. The molecule has 0 aliphatic heterocycles. The first kappa shape index (κ1) is 9.96. The second-order valence-corrected chi connectivity index (χ2v) is 2.14. The van der Waals surface area contributed by atoms with Gasteiger partial charge in [0.2, 0.25) is 0 Å². The summed E-state index contributed by atoms with van der Waals surface area (Å²) in [6.07, 6.45) is 17.5. The lowest BCUT2D eigenvalue weighted by Crippen LogP contribution is -1.56. The molecule has 0 spiro atoms. The lowest BCUT2D eigenvalue weighted by atomic mass is 10.3. The summed E-state index contributed by atoms with van der Waals surface area (Å²) in [7, 11) is 0. The van der Waals surface area contributed by atoms with E-state index in [1.807, 2.05) is 38.2 Å². The van der Waals surface area contributed by atoms with Crippen molar-refractivity contribution in [3.8, 4) is 0 Å². The van der Waals surface area contributed by atoms with E-state index < -0.39 is 0 Å². The first-order chi connectivity index (χ1) is 5.41. The van der Waals surface area contributed by atoms with Crippen molar-refractivity contribution in [3.63, 3.8) is 0 Å². The van der Waals surface area contributed by atoms with Gasteiger partial charge in [0.05, 0.1) is 0 Å². The number of rotatable bonds is 4. The molecule has 11 heavy (non-hydrogen) atoms. The average molecular weight is 148 g/mol. The first-order valence-corrected chi connectivity index (χ1v) is 3.97. The largest absolute Gasteiger partial charge is 0.0877 e. The molecule has 0 aromatic carbocycles. The third-order valence-electron chi connectivity index (χ3n) is 1.15. The summed E-state index contributed by atoms with van der Waals surface area (Å²) >= 11 is 0. The molecule has 0 saturated heterocycles. The van der Waals surface area contributed by atoms with E-state index in [2.05, 4.69) is 24.3 Å². The van der Waals surface area contributed by atoms with E-state index in [0.717, 1.165) is 6.42 Å². The minimum Gasteiger partial charge on any atom is -0.0877 e. The molecular weight excluding hydrogens is 132 g/mol. The second kappa shape index (κ2) is 8.96. The van der Waals surface area contributed by atoms with E-state index in [9.17, 15) is 0 Å². The summed E-state index contributed by atoms with van der Waals surface area (Å²) in [5.41, 5.74) is 0. The lowest BCUT2D eigenvalue weighted by Gasteiger charge is -1.77. The van der Waals surface area contributed by atoms with Crippen LogP contribution in [0.2, 0.25) is 0 Å². The van der Waals surface area contributed by atoms with Crippen molar-refractivity contribution in [3.05, 3.63) is 48.6 Å². The molecule has 0 heteroatoms. The molecule has 0 aromatic rings. The third kappa shape index (κ3) is 8.96. The zero-order valence-electron chi connectivity index (χ0n) is 7.33. The van der Waals surface area contributed by atoms with Crippen molar-refractivity contribution in [2.75, 3.05) is 0 Å². The Labute approximate surface area is 69.6 Å². The predicted molar refractivity (Wildman–Crippen MR) is 52.5 cm³/mol. The van der Waals surface area contributed by atoms with Crippen LogP contribution in [0.4, 0.5) is 0 Å². The van der Waals surface area contributed by atoms with Gasteiger partial charge in [0.1, 0.15) is 0 Å². The Morgan fingerprint density at radius 3 is 1.55 bits per heavy atom. The van der Waals surface area contributed by atoms with Gasteiger partial charge in [0.15, 0.2) is 0 Å². The van der Waals surface area contributed by atoms with Gasteiger partial charge in [-0.05, 0) is 20.3 Å². The van der Waals surface area contributed by atoms with E-state index in [0.29, 0.717) is 0 Å². The van der Waals surface area contributed by atoms with Crippen LogP contribution in [-0.2, 0) is 0 Å². The zero-order chi connectivity index (χ0) is 8.36. The molecule has 0 rings (SSSR count).